The molecular weight excluding hydrogens is 410 g/mol. The summed E-state index contributed by atoms with van der Waals surface area (Å²) < 4.78 is 29.7. The van der Waals surface area contributed by atoms with Crippen molar-refractivity contribution in [3.63, 3.8) is 0 Å². The Hall–Kier alpha value is -4.14. The van der Waals surface area contributed by atoms with Crippen molar-refractivity contribution in [1.29, 1.82) is 0 Å². The Kier molecular flexibility index (Phi) is 6.68. The summed E-state index contributed by atoms with van der Waals surface area (Å²) in [7, 11) is 0. The molecule has 4 rings (SSSR count). The molecule has 0 spiro atoms. The lowest BCUT2D eigenvalue weighted by molar-refractivity contribution is 0.627. The predicted molar refractivity (Wildman–Crippen MR) is 132 cm³/mol. The maximum Gasteiger partial charge on any atom is 0.131 e. The van der Waals surface area contributed by atoms with Crippen molar-refractivity contribution < 1.29 is 8.78 Å². The van der Waals surface area contributed by atoms with Crippen LogP contribution in [0, 0.1) is 35.3 Å². The normalized spacial score (nSPS) is 10.1. The lowest BCUT2D eigenvalue weighted by atomic mass is 9.97. The van der Waals surface area contributed by atoms with Crippen molar-refractivity contribution in [1.82, 2.24) is 0 Å². The molecule has 0 bridgehead atoms. The van der Waals surface area contributed by atoms with Crippen LogP contribution in [0.1, 0.15) is 36.1 Å². The summed E-state index contributed by atoms with van der Waals surface area (Å²) in [5.41, 5.74) is 6.04. The minimum absolute atomic E-state index is 0.297. The van der Waals surface area contributed by atoms with Gasteiger partial charge in [-0.1, -0.05) is 60.4 Å². The average molecular weight is 433 g/mol. The van der Waals surface area contributed by atoms with Crippen molar-refractivity contribution in [3.05, 3.63) is 119 Å². The number of hydrogen-bond acceptors (Lipinski definition) is 0. The lowest BCUT2D eigenvalue weighted by Crippen LogP contribution is -1.94. The van der Waals surface area contributed by atoms with Crippen molar-refractivity contribution in [3.8, 4) is 45.9 Å². The Bertz CT molecular complexity index is 1290. The van der Waals surface area contributed by atoms with Gasteiger partial charge in [-0.15, -0.1) is 11.8 Å². The van der Waals surface area contributed by atoms with Gasteiger partial charge in [0.1, 0.15) is 11.6 Å². The van der Waals surface area contributed by atoms with Gasteiger partial charge in [0.2, 0.25) is 0 Å². The summed E-state index contributed by atoms with van der Waals surface area (Å²) in [6.45, 7) is 3.57. The van der Waals surface area contributed by atoms with E-state index in [1.165, 1.54) is 12.1 Å². The van der Waals surface area contributed by atoms with E-state index in [9.17, 15) is 8.78 Å². The fraction of sp³-hybridized carbons (Fsp3) is 0.0968. The van der Waals surface area contributed by atoms with E-state index in [1.807, 2.05) is 60.7 Å². The summed E-state index contributed by atoms with van der Waals surface area (Å²) in [6.07, 6.45) is 0.449. The zero-order valence-electron chi connectivity index (χ0n) is 18.5. The maximum atomic E-state index is 14.8. The first kappa shape index (κ1) is 22.1. The Balaban J connectivity index is 1.52. The molecular formula is C31H22F2. The number of benzene rings is 4. The van der Waals surface area contributed by atoms with Crippen LogP contribution >= 0.6 is 0 Å². The van der Waals surface area contributed by atoms with E-state index in [0.717, 1.165) is 33.4 Å². The highest BCUT2D eigenvalue weighted by Gasteiger charge is 2.10. The van der Waals surface area contributed by atoms with E-state index in [0.29, 0.717) is 17.5 Å². The van der Waals surface area contributed by atoms with Gasteiger partial charge in [-0.05, 0) is 78.9 Å². The van der Waals surface area contributed by atoms with Crippen LogP contribution in [0.2, 0.25) is 0 Å². The zero-order chi connectivity index (χ0) is 23.2. The SMILES string of the molecule is CC#Cc1ccc(-c2ccc(Cc3ccc(-c4ccc(C#CC)cc4)c(F)c3)cc2F)cc1. The molecule has 0 aliphatic carbocycles. The third-order valence-corrected chi connectivity index (χ3v) is 5.41. The van der Waals surface area contributed by atoms with Gasteiger partial charge in [-0.3, -0.25) is 0 Å². The molecule has 4 aromatic rings. The highest BCUT2D eigenvalue weighted by molar-refractivity contribution is 5.67. The van der Waals surface area contributed by atoms with Crippen LogP contribution in [0.3, 0.4) is 0 Å². The largest absolute Gasteiger partial charge is 0.206 e. The van der Waals surface area contributed by atoms with Crippen molar-refractivity contribution in [2.24, 2.45) is 0 Å². The van der Waals surface area contributed by atoms with Crippen LogP contribution < -0.4 is 0 Å². The fourth-order valence-electron chi connectivity index (χ4n) is 3.80. The molecule has 0 unspecified atom stereocenters. The molecule has 0 saturated heterocycles. The quantitative estimate of drug-likeness (QED) is 0.291. The molecule has 0 aromatic heterocycles. The monoisotopic (exact) mass is 432 g/mol. The molecule has 0 heterocycles. The number of rotatable bonds is 4. The molecule has 4 aromatic carbocycles. The molecule has 0 N–H and O–H groups in total. The Morgan fingerprint density at radius 1 is 0.545 bits per heavy atom. The minimum Gasteiger partial charge on any atom is -0.206 e. The second-order valence-electron chi connectivity index (χ2n) is 7.71. The van der Waals surface area contributed by atoms with E-state index in [-0.39, 0.29) is 11.6 Å². The van der Waals surface area contributed by atoms with Crippen molar-refractivity contribution >= 4 is 0 Å². The van der Waals surface area contributed by atoms with Crippen LogP contribution in [0.15, 0.2) is 84.9 Å². The van der Waals surface area contributed by atoms with Crippen LogP contribution in [0.25, 0.3) is 22.3 Å². The van der Waals surface area contributed by atoms with Gasteiger partial charge >= 0.3 is 0 Å². The smallest absolute Gasteiger partial charge is 0.131 e. The van der Waals surface area contributed by atoms with E-state index in [2.05, 4.69) is 23.7 Å². The molecule has 0 aliphatic heterocycles. The third kappa shape index (κ3) is 5.20. The summed E-state index contributed by atoms with van der Waals surface area (Å²) in [5.74, 6) is 11.1. The highest BCUT2D eigenvalue weighted by atomic mass is 19.1. The first-order valence-corrected chi connectivity index (χ1v) is 10.7. The van der Waals surface area contributed by atoms with Gasteiger partial charge < -0.3 is 0 Å². The van der Waals surface area contributed by atoms with Gasteiger partial charge in [0.15, 0.2) is 0 Å². The standard InChI is InChI=1S/C31H22F2/c1-3-5-22-7-13-26(14-8-22)28-17-11-24(20-30(28)32)19-25-12-18-29(31(33)21-25)27-15-9-23(6-4-2)10-16-27/h7-18,20-21H,19H2,1-2H3. The zero-order valence-corrected chi connectivity index (χ0v) is 18.5. The highest BCUT2D eigenvalue weighted by Crippen LogP contribution is 2.27. The molecule has 2 heteroatoms. The average Bonchev–Trinajstić information content (AvgIpc) is 2.81. The van der Waals surface area contributed by atoms with Crippen LogP contribution in [0.5, 0.6) is 0 Å². The Morgan fingerprint density at radius 2 is 0.939 bits per heavy atom. The fourth-order valence-corrected chi connectivity index (χ4v) is 3.80. The maximum absolute atomic E-state index is 14.8. The Labute approximate surface area is 193 Å². The molecule has 0 atom stereocenters. The molecule has 0 amide bonds. The predicted octanol–water partition coefficient (Wildman–Crippen LogP) is 7.63. The van der Waals surface area contributed by atoms with E-state index < -0.39 is 0 Å². The molecule has 0 saturated carbocycles. The third-order valence-electron chi connectivity index (χ3n) is 5.41. The van der Waals surface area contributed by atoms with Gasteiger partial charge in [-0.2, -0.15) is 0 Å². The first-order chi connectivity index (χ1) is 16.1. The molecule has 33 heavy (non-hydrogen) atoms. The van der Waals surface area contributed by atoms with Crippen LogP contribution in [-0.4, -0.2) is 0 Å². The summed E-state index contributed by atoms with van der Waals surface area (Å²) in [6, 6.07) is 25.4. The summed E-state index contributed by atoms with van der Waals surface area (Å²) in [4.78, 5) is 0. The Morgan fingerprint density at radius 3 is 1.27 bits per heavy atom. The van der Waals surface area contributed by atoms with E-state index in [1.54, 1.807) is 26.0 Å². The van der Waals surface area contributed by atoms with E-state index in [4.69, 9.17) is 0 Å². The van der Waals surface area contributed by atoms with Crippen molar-refractivity contribution in [2.75, 3.05) is 0 Å². The van der Waals surface area contributed by atoms with E-state index >= 15 is 0 Å². The van der Waals surface area contributed by atoms with Crippen LogP contribution in [-0.2, 0) is 6.42 Å². The van der Waals surface area contributed by atoms with Crippen molar-refractivity contribution in [2.45, 2.75) is 20.3 Å². The molecule has 0 aliphatic rings. The van der Waals surface area contributed by atoms with Gasteiger partial charge in [-0.25, -0.2) is 8.78 Å². The topological polar surface area (TPSA) is 0 Å². The second kappa shape index (κ2) is 9.99. The minimum atomic E-state index is -0.297. The molecule has 0 radical (unpaired) electrons. The second-order valence-corrected chi connectivity index (χ2v) is 7.71. The molecule has 160 valence electrons. The summed E-state index contributed by atoms with van der Waals surface area (Å²) in [5, 5.41) is 0. The first-order valence-electron chi connectivity index (χ1n) is 10.7. The summed E-state index contributed by atoms with van der Waals surface area (Å²) >= 11 is 0. The number of halogens is 2. The van der Waals surface area contributed by atoms with Gasteiger partial charge in [0.25, 0.3) is 0 Å². The molecule has 0 fully saturated rings. The lowest BCUT2D eigenvalue weighted by Gasteiger charge is -2.09. The van der Waals surface area contributed by atoms with Crippen LogP contribution in [0.4, 0.5) is 8.78 Å². The van der Waals surface area contributed by atoms with Gasteiger partial charge in [0, 0.05) is 22.3 Å². The van der Waals surface area contributed by atoms with Gasteiger partial charge in [0.05, 0.1) is 0 Å². The number of hydrogen-bond donors (Lipinski definition) is 0. The molecule has 0 nitrogen and oxygen atoms in total.